The normalized spacial score (nSPS) is 11.3. The van der Waals surface area contributed by atoms with Crippen LogP contribution < -0.4 is 10.1 Å². The predicted octanol–water partition coefficient (Wildman–Crippen LogP) is 6.78. The van der Waals surface area contributed by atoms with Crippen LogP contribution in [0, 0.1) is 12.7 Å². The molecule has 2 N–H and O–H groups in total. The largest absolute Gasteiger partial charge is 0.489 e. The number of hydrogen-bond acceptors (Lipinski definition) is 8. The summed E-state index contributed by atoms with van der Waals surface area (Å²) in [5, 5.41) is 15.3. The molecule has 5 aromatic rings. The lowest BCUT2D eigenvalue weighted by atomic mass is 10.1. The number of thiol groups is 1. The molecular weight excluding hydrogens is 503 g/mol. The van der Waals surface area contributed by atoms with Gasteiger partial charge in [-0.05, 0) is 78.7 Å². The molecule has 0 atom stereocenters. The van der Waals surface area contributed by atoms with E-state index >= 15 is 0 Å². The van der Waals surface area contributed by atoms with Crippen molar-refractivity contribution >= 4 is 35.0 Å². The van der Waals surface area contributed by atoms with E-state index in [1.165, 1.54) is 23.5 Å². The number of anilines is 2. The highest BCUT2D eigenvalue weighted by Gasteiger charge is 2.12. The number of aromatic nitrogens is 2. The van der Waals surface area contributed by atoms with Gasteiger partial charge in [0.1, 0.15) is 41.8 Å². The summed E-state index contributed by atoms with van der Waals surface area (Å²) in [7, 11) is 0. The van der Waals surface area contributed by atoms with E-state index in [0.29, 0.717) is 29.6 Å². The fraction of sp³-hybridized carbons (Fsp3) is 0.172. The SMILES string of the molecule is Cc1cc(Nc2ncnc3ccc(-c4ccc(CN(O)CCS)o4)cc23)ccc1OCc1cccc(F)c1. The Kier molecular flexibility index (Phi) is 7.88. The summed E-state index contributed by atoms with van der Waals surface area (Å²) < 4.78 is 25.3. The molecule has 0 spiro atoms. The molecule has 3 aromatic carbocycles. The number of nitrogens with one attached hydrogen (secondary N) is 1. The van der Waals surface area contributed by atoms with Gasteiger partial charge in [-0.15, -0.1) is 0 Å². The van der Waals surface area contributed by atoms with Crippen LogP contribution in [0.5, 0.6) is 5.75 Å². The van der Waals surface area contributed by atoms with Gasteiger partial charge in [-0.1, -0.05) is 12.1 Å². The molecule has 38 heavy (non-hydrogen) atoms. The fourth-order valence-corrected chi connectivity index (χ4v) is 4.35. The molecule has 0 bridgehead atoms. The summed E-state index contributed by atoms with van der Waals surface area (Å²) in [6, 6.07) is 21.7. The molecule has 5 rings (SSSR count). The van der Waals surface area contributed by atoms with E-state index in [2.05, 4.69) is 27.9 Å². The number of benzene rings is 3. The van der Waals surface area contributed by atoms with E-state index in [1.54, 1.807) is 6.07 Å². The van der Waals surface area contributed by atoms with Crippen LogP contribution in [0.4, 0.5) is 15.9 Å². The zero-order valence-corrected chi connectivity index (χ0v) is 21.7. The Morgan fingerprint density at radius 1 is 1.05 bits per heavy atom. The lowest BCUT2D eigenvalue weighted by molar-refractivity contribution is -0.0974. The number of halogens is 1. The first-order chi connectivity index (χ1) is 18.5. The molecule has 0 aliphatic carbocycles. The third-order valence-corrected chi connectivity index (χ3v) is 6.20. The van der Waals surface area contributed by atoms with Crippen molar-refractivity contribution in [2.24, 2.45) is 0 Å². The number of hydrogen-bond donors (Lipinski definition) is 3. The number of fused-ring (bicyclic) bond motifs is 1. The molecular formula is C29H27FN4O3S. The van der Waals surface area contributed by atoms with E-state index in [-0.39, 0.29) is 19.0 Å². The fourth-order valence-electron chi connectivity index (χ4n) is 4.12. The molecule has 0 fully saturated rings. The van der Waals surface area contributed by atoms with Gasteiger partial charge in [-0.3, -0.25) is 0 Å². The molecule has 2 heterocycles. The van der Waals surface area contributed by atoms with E-state index in [1.807, 2.05) is 61.5 Å². The van der Waals surface area contributed by atoms with Gasteiger partial charge in [0.2, 0.25) is 0 Å². The monoisotopic (exact) mass is 530 g/mol. The van der Waals surface area contributed by atoms with Crippen molar-refractivity contribution in [3.63, 3.8) is 0 Å². The first-order valence-electron chi connectivity index (χ1n) is 12.1. The molecule has 194 valence electrons. The van der Waals surface area contributed by atoms with Crippen LogP contribution in [0.3, 0.4) is 0 Å². The Balaban J connectivity index is 1.34. The lowest BCUT2D eigenvalue weighted by Gasteiger charge is -2.13. The highest BCUT2D eigenvalue weighted by atomic mass is 32.1. The van der Waals surface area contributed by atoms with Gasteiger partial charge < -0.3 is 19.7 Å². The number of aryl methyl sites for hydroxylation is 1. The third kappa shape index (κ3) is 6.13. The Bertz CT molecular complexity index is 1560. The topological polar surface area (TPSA) is 83.7 Å². The summed E-state index contributed by atoms with van der Waals surface area (Å²) in [5.74, 6) is 2.99. The summed E-state index contributed by atoms with van der Waals surface area (Å²) >= 11 is 4.14. The van der Waals surface area contributed by atoms with Crippen LogP contribution in [0.25, 0.3) is 22.2 Å². The first-order valence-corrected chi connectivity index (χ1v) is 12.8. The Morgan fingerprint density at radius 2 is 1.95 bits per heavy atom. The zero-order chi connectivity index (χ0) is 26.5. The number of hydroxylamine groups is 2. The van der Waals surface area contributed by atoms with Gasteiger partial charge in [0.15, 0.2) is 0 Å². The van der Waals surface area contributed by atoms with Crippen molar-refractivity contribution < 1.29 is 18.8 Å². The van der Waals surface area contributed by atoms with Crippen molar-refractivity contribution in [2.75, 3.05) is 17.6 Å². The maximum absolute atomic E-state index is 13.4. The smallest absolute Gasteiger partial charge is 0.141 e. The van der Waals surface area contributed by atoms with Crippen molar-refractivity contribution in [1.82, 2.24) is 15.0 Å². The second-order valence-corrected chi connectivity index (χ2v) is 9.30. The van der Waals surface area contributed by atoms with Gasteiger partial charge >= 0.3 is 0 Å². The molecule has 0 radical (unpaired) electrons. The number of rotatable bonds is 10. The minimum atomic E-state index is -0.281. The van der Waals surface area contributed by atoms with Crippen LogP contribution in [0.15, 0.2) is 83.5 Å². The summed E-state index contributed by atoms with van der Waals surface area (Å²) in [5.41, 5.74) is 4.21. The Hall–Kier alpha value is -3.92. The van der Waals surface area contributed by atoms with Crippen molar-refractivity contribution in [3.05, 3.63) is 102 Å². The molecule has 0 saturated heterocycles. The van der Waals surface area contributed by atoms with E-state index in [4.69, 9.17) is 9.15 Å². The number of nitrogens with zero attached hydrogens (tertiary/aromatic N) is 3. The van der Waals surface area contributed by atoms with Crippen molar-refractivity contribution in [2.45, 2.75) is 20.1 Å². The standard InChI is InChI=1S/C29H27FN4O3S/c1-19-13-23(6-9-27(19)36-17-20-3-2-4-22(30)14-20)33-29-25-15-21(5-8-26(25)31-18-32-29)28-10-7-24(37-28)16-34(35)11-12-38/h2-10,13-15,18,35,38H,11-12,16-17H2,1H3,(H,31,32,33). The van der Waals surface area contributed by atoms with Gasteiger partial charge in [0.25, 0.3) is 0 Å². The maximum Gasteiger partial charge on any atom is 0.141 e. The maximum atomic E-state index is 13.4. The molecule has 0 aliphatic rings. The average molecular weight is 531 g/mol. The highest BCUT2D eigenvalue weighted by Crippen LogP contribution is 2.31. The third-order valence-electron chi connectivity index (χ3n) is 6.00. The van der Waals surface area contributed by atoms with Crippen LogP contribution in [-0.4, -0.2) is 32.5 Å². The van der Waals surface area contributed by atoms with Crippen molar-refractivity contribution in [1.29, 1.82) is 0 Å². The quantitative estimate of drug-likeness (QED) is 0.136. The summed E-state index contributed by atoms with van der Waals surface area (Å²) in [4.78, 5) is 8.87. The van der Waals surface area contributed by atoms with Gasteiger partial charge in [-0.2, -0.15) is 17.7 Å². The molecule has 7 nitrogen and oxygen atoms in total. The predicted molar refractivity (Wildman–Crippen MR) is 148 cm³/mol. The van der Waals surface area contributed by atoms with Crippen LogP contribution in [0.2, 0.25) is 0 Å². The average Bonchev–Trinajstić information content (AvgIpc) is 3.37. The second kappa shape index (κ2) is 11.6. The van der Waals surface area contributed by atoms with Gasteiger partial charge in [0.05, 0.1) is 12.1 Å². The van der Waals surface area contributed by atoms with Crippen LogP contribution in [0.1, 0.15) is 16.9 Å². The van der Waals surface area contributed by atoms with E-state index in [0.717, 1.165) is 39.0 Å². The number of ether oxygens (including phenoxy) is 1. The van der Waals surface area contributed by atoms with Crippen LogP contribution in [-0.2, 0) is 13.2 Å². The molecule has 2 aromatic heterocycles. The minimum Gasteiger partial charge on any atom is -0.489 e. The molecule has 0 amide bonds. The Labute approximate surface area is 225 Å². The summed E-state index contributed by atoms with van der Waals surface area (Å²) in [6.07, 6.45) is 1.52. The van der Waals surface area contributed by atoms with E-state index < -0.39 is 0 Å². The number of furan rings is 1. The lowest BCUT2D eigenvalue weighted by Crippen LogP contribution is -2.20. The minimum absolute atomic E-state index is 0.281. The Morgan fingerprint density at radius 3 is 2.76 bits per heavy atom. The highest BCUT2D eigenvalue weighted by molar-refractivity contribution is 7.80. The van der Waals surface area contributed by atoms with E-state index in [9.17, 15) is 9.60 Å². The zero-order valence-electron chi connectivity index (χ0n) is 20.8. The van der Waals surface area contributed by atoms with Crippen LogP contribution >= 0.6 is 12.6 Å². The summed E-state index contributed by atoms with van der Waals surface area (Å²) in [6.45, 7) is 2.97. The molecule has 9 heteroatoms. The molecule has 0 unspecified atom stereocenters. The van der Waals surface area contributed by atoms with Crippen molar-refractivity contribution in [3.8, 4) is 17.1 Å². The van der Waals surface area contributed by atoms with Gasteiger partial charge in [0, 0.05) is 28.9 Å². The molecule has 0 aliphatic heterocycles. The molecule has 0 saturated carbocycles. The second-order valence-electron chi connectivity index (χ2n) is 8.86. The first kappa shape index (κ1) is 25.7. The van der Waals surface area contributed by atoms with Gasteiger partial charge in [-0.25, -0.2) is 14.4 Å².